The third-order valence-electron chi connectivity index (χ3n) is 5.34. The molecule has 1 saturated heterocycles. The highest BCUT2D eigenvalue weighted by molar-refractivity contribution is 7.99. The van der Waals surface area contributed by atoms with Crippen molar-refractivity contribution in [2.45, 2.75) is 25.9 Å². The monoisotopic (exact) mass is 497 g/mol. The number of nitrogens with one attached hydrogen (secondary N) is 1. The Morgan fingerprint density at radius 2 is 1.89 bits per heavy atom. The van der Waals surface area contributed by atoms with Crippen LogP contribution in [0.3, 0.4) is 0 Å². The zero-order valence-corrected chi connectivity index (χ0v) is 21.1. The number of anilines is 2. The quantitative estimate of drug-likeness (QED) is 0.421. The van der Waals surface area contributed by atoms with Crippen molar-refractivity contribution in [3.8, 4) is 17.2 Å². The normalized spacial score (nSPS) is 13.5. The fraction of sp³-hybridized carbons (Fsp3) is 0.400. The third kappa shape index (κ3) is 6.26. The molecule has 1 fully saturated rings. The van der Waals surface area contributed by atoms with Gasteiger partial charge in [0.05, 0.1) is 43.6 Å². The Morgan fingerprint density at radius 3 is 2.63 bits per heavy atom. The van der Waals surface area contributed by atoms with Gasteiger partial charge in [-0.15, -0.1) is 10.2 Å². The number of rotatable bonds is 10. The molecule has 1 amide bonds. The van der Waals surface area contributed by atoms with E-state index >= 15 is 0 Å². The zero-order chi connectivity index (χ0) is 24.6. The first-order valence-corrected chi connectivity index (χ1v) is 12.7. The molecule has 0 radical (unpaired) electrons. The van der Waals surface area contributed by atoms with E-state index in [9.17, 15) is 4.79 Å². The van der Waals surface area contributed by atoms with Crippen LogP contribution in [-0.2, 0) is 9.53 Å². The van der Waals surface area contributed by atoms with Crippen molar-refractivity contribution < 1.29 is 19.0 Å². The first kappa shape index (κ1) is 24.9. The Kier molecular flexibility index (Phi) is 8.49. The van der Waals surface area contributed by atoms with Crippen LogP contribution in [0.25, 0.3) is 5.69 Å². The molecular weight excluding hydrogens is 466 g/mol. The maximum Gasteiger partial charge on any atom is 0.234 e. The minimum Gasteiger partial charge on any atom is -0.494 e. The molecule has 3 aromatic rings. The minimum absolute atomic E-state index is 0.164. The molecule has 1 aliphatic rings. The van der Waals surface area contributed by atoms with Crippen LogP contribution in [0.1, 0.15) is 19.4 Å². The van der Waals surface area contributed by atoms with Gasteiger partial charge in [-0.05, 0) is 50.6 Å². The first-order chi connectivity index (χ1) is 17.1. The highest BCUT2D eigenvalue weighted by Crippen LogP contribution is 2.31. The summed E-state index contributed by atoms with van der Waals surface area (Å²) >= 11 is 1.34. The number of nitrogens with zero attached hydrogens (tertiary/aromatic N) is 4. The standard InChI is InChI=1S/C25H31N5O4S/c1-4-33-20-9-10-22(34-5-2)21(16-20)26-23(31)17-35-25-28-27-24(29-11-13-32-14-12-29)30(25)19-8-6-7-18(3)15-19/h6-10,15-16H,4-5,11-14,17H2,1-3H3,(H,26,31). The van der Waals surface area contributed by atoms with E-state index in [1.165, 1.54) is 11.8 Å². The van der Waals surface area contributed by atoms with Crippen LogP contribution in [0.5, 0.6) is 11.5 Å². The lowest BCUT2D eigenvalue weighted by molar-refractivity contribution is -0.113. The van der Waals surface area contributed by atoms with Crippen molar-refractivity contribution >= 4 is 29.3 Å². The molecule has 1 aliphatic heterocycles. The van der Waals surface area contributed by atoms with Crippen LogP contribution >= 0.6 is 11.8 Å². The summed E-state index contributed by atoms with van der Waals surface area (Å²) in [4.78, 5) is 15.1. The average Bonchev–Trinajstić information content (AvgIpc) is 3.29. The number of carbonyl (C=O) groups excluding carboxylic acids is 1. The fourth-order valence-electron chi connectivity index (χ4n) is 3.78. The molecule has 0 spiro atoms. The molecule has 0 saturated carbocycles. The number of thioether (sulfide) groups is 1. The van der Waals surface area contributed by atoms with E-state index in [0.717, 1.165) is 30.3 Å². The number of carbonyl (C=O) groups is 1. The molecule has 10 heteroatoms. The lowest BCUT2D eigenvalue weighted by Crippen LogP contribution is -2.37. The van der Waals surface area contributed by atoms with E-state index < -0.39 is 0 Å². The number of aromatic nitrogens is 3. The Labute approximate surface area is 209 Å². The predicted molar refractivity (Wildman–Crippen MR) is 137 cm³/mol. The highest BCUT2D eigenvalue weighted by atomic mass is 32.2. The SMILES string of the molecule is CCOc1ccc(OCC)c(NC(=O)CSc2nnc(N3CCOCC3)n2-c2cccc(C)c2)c1. The van der Waals surface area contributed by atoms with Gasteiger partial charge >= 0.3 is 0 Å². The van der Waals surface area contributed by atoms with E-state index in [1.54, 1.807) is 12.1 Å². The number of aryl methyl sites for hydroxylation is 1. The molecule has 0 bridgehead atoms. The molecule has 35 heavy (non-hydrogen) atoms. The first-order valence-electron chi connectivity index (χ1n) is 11.8. The van der Waals surface area contributed by atoms with Crippen LogP contribution < -0.4 is 19.7 Å². The maximum atomic E-state index is 12.9. The lowest BCUT2D eigenvalue weighted by Gasteiger charge is -2.28. The number of benzene rings is 2. The lowest BCUT2D eigenvalue weighted by atomic mass is 10.2. The van der Waals surface area contributed by atoms with Crippen LogP contribution in [-0.4, -0.2) is 65.9 Å². The van der Waals surface area contributed by atoms with Crippen molar-refractivity contribution in [1.82, 2.24) is 14.8 Å². The Bertz CT molecular complexity index is 1150. The van der Waals surface area contributed by atoms with Gasteiger partial charge in [0.2, 0.25) is 11.9 Å². The van der Waals surface area contributed by atoms with Gasteiger partial charge in [-0.2, -0.15) is 0 Å². The summed E-state index contributed by atoms with van der Waals surface area (Å²) in [6, 6.07) is 13.6. The van der Waals surface area contributed by atoms with Gasteiger partial charge in [-0.3, -0.25) is 9.36 Å². The molecule has 4 rings (SSSR count). The molecule has 0 aliphatic carbocycles. The van der Waals surface area contributed by atoms with Crippen molar-refractivity contribution in [3.05, 3.63) is 48.0 Å². The van der Waals surface area contributed by atoms with E-state index in [1.807, 2.05) is 36.6 Å². The second-order valence-electron chi connectivity index (χ2n) is 7.92. The van der Waals surface area contributed by atoms with E-state index in [0.29, 0.717) is 48.8 Å². The van der Waals surface area contributed by atoms with Crippen molar-refractivity contribution in [2.24, 2.45) is 0 Å². The highest BCUT2D eigenvalue weighted by Gasteiger charge is 2.22. The molecular formula is C25H31N5O4S. The molecule has 0 atom stereocenters. The van der Waals surface area contributed by atoms with E-state index in [4.69, 9.17) is 14.2 Å². The molecule has 0 unspecified atom stereocenters. The van der Waals surface area contributed by atoms with Crippen molar-refractivity contribution in [3.63, 3.8) is 0 Å². The molecule has 1 N–H and O–H groups in total. The average molecular weight is 498 g/mol. The summed E-state index contributed by atoms with van der Waals surface area (Å²) in [5, 5.41) is 12.5. The Balaban J connectivity index is 1.53. The predicted octanol–water partition coefficient (Wildman–Crippen LogP) is 3.94. The Morgan fingerprint density at radius 1 is 1.09 bits per heavy atom. The van der Waals surface area contributed by atoms with Crippen LogP contribution in [0.15, 0.2) is 47.6 Å². The molecule has 2 heterocycles. The smallest absolute Gasteiger partial charge is 0.234 e. The van der Waals surface area contributed by atoms with Crippen LogP contribution in [0.2, 0.25) is 0 Å². The number of amides is 1. The van der Waals surface area contributed by atoms with Gasteiger partial charge in [0.15, 0.2) is 5.16 Å². The maximum absolute atomic E-state index is 12.9. The number of morpholine rings is 1. The van der Waals surface area contributed by atoms with Gasteiger partial charge in [-0.25, -0.2) is 0 Å². The van der Waals surface area contributed by atoms with Crippen LogP contribution in [0, 0.1) is 6.92 Å². The summed E-state index contributed by atoms with van der Waals surface area (Å²) in [6.45, 7) is 9.69. The second kappa shape index (κ2) is 11.9. The third-order valence-corrected chi connectivity index (χ3v) is 6.27. The number of hydrogen-bond acceptors (Lipinski definition) is 8. The van der Waals surface area contributed by atoms with Gasteiger partial charge in [0.1, 0.15) is 11.5 Å². The largest absolute Gasteiger partial charge is 0.494 e. The summed E-state index contributed by atoms with van der Waals surface area (Å²) in [5.74, 6) is 2.03. The van der Waals surface area contributed by atoms with E-state index in [-0.39, 0.29) is 11.7 Å². The number of hydrogen-bond donors (Lipinski definition) is 1. The summed E-state index contributed by atoms with van der Waals surface area (Å²) in [7, 11) is 0. The topological polar surface area (TPSA) is 90.7 Å². The molecule has 186 valence electrons. The summed E-state index contributed by atoms with van der Waals surface area (Å²) < 4.78 is 18.8. The van der Waals surface area contributed by atoms with Crippen molar-refractivity contribution in [1.29, 1.82) is 0 Å². The molecule has 2 aromatic carbocycles. The number of ether oxygens (including phenoxy) is 3. The summed E-state index contributed by atoms with van der Waals surface area (Å²) in [5.41, 5.74) is 2.68. The van der Waals surface area contributed by atoms with E-state index in [2.05, 4.69) is 39.5 Å². The molecule has 1 aromatic heterocycles. The van der Waals surface area contributed by atoms with Crippen LogP contribution in [0.4, 0.5) is 11.6 Å². The molecule has 9 nitrogen and oxygen atoms in total. The van der Waals surface area contributed by atoms with Gasteiger partial charge < -0.3 is 24.4 Å². The van der Waals surface area contributed by atoms with Gasteiger partial charge in [0, 0.05) is 19.2 Å². The van der Waals surface area contributed by atoms with Gasteiger partial charge in [-0.1, -0.05) is 23.9 Å². The Hall–Kier alpha value is -3.24. The second-order valence-corrected chi connectivity index (χ2v) is 8.86. The van der Waals surface area contributed by atoms with Gasteiger partial charge in [0.25, 0.3) is 0 Å². The minimum atomic E-state index is -0.170. The summed E-state index contributed by atoms with van der Waals surface area (Å²) in [6.07, 6.45) is 0. The fourth-order valence-corrected chi connectivity index (χ4v) is 4.52. The van der Waals surface area contributed by atoms with Crippen molar-refractivity contribution in [2.75, 3.05) is 55.5 Å². The zero-order valence-electron chi connectivity index (χ0n) is 20.3.